The second-order valence-electron chi connectivity index (χ2n) is 9.28. The zero-order chi connectivity index (χ0) is 21.5. The third-order valence-corrected chi connectivity index (χ3v) is 7.29. The van der Waals surface area contributed by atoms with Gasteiger partial charge in [0.25, 0.3) is 5.56 Å². The molecule has 1 aromatic heterocycles. The molecular weight excluding hydrogens is 390 g/mol. The largest absolute Gasteiger partial charge is 0.396 e. The third kappa shape index (κ3) is 3.52. The van der Waals surface area contributed by atoms with Crippen LogP contribution in [0.3, 0.4) is 0 Å². The molecule has 0 bridgehead atoms. The van der Waals surface area contributed by atoms with Gasteiger partial charge in [0.15, 0.2) is 0 Å². The van der Waals surface area contributed by atoms with Crippen LogP contribution in [-0.4, -0.2) is 46.2 Å². The summed E-state index contributed by atoms with van der Waals surface area (Å²) in [5.74, 6) is 0.540. The van der Waals surface area contributed by atoms with Crippen molar-refractivity contribution < 1.29 is 9.90 Å². The molecule has 2 aromatic rings. The third-order valence-electron chi connectivity index (χ3n) is 7.29. The molecule has 0 spiro atoms. The summed E-state index contributed by atoms with van der Waals surface area (Å²) in [6.45, 7) is 4.13. The number of likely N-dealkylation sites (tertiary alicyclic amines) is 1. The van der Waals surface area contributed by atoms with E-state index in [1.165, 1.54) is 12.8 Å². The highest BCUT2D eigenvalue weighted by Gasteiger charge is 2.55. The molecule has 0 unspecified atom stereocenters. The number of carbonyl (C=O) groups excluding carboxylic acids is 1. The van der Waals surface area contributed by atoms with E-state index >= 15 is 0 Å². The predicted molar refractivity (Wildman–Crippen MR) is 119 cm³/mol. The highest BCUT2D eigenvalue weighted by Crippen LogP contribution is 2.49. The summed E-state index contributed by atoms with van der Waals surface area (Å²) in [7, 11) is 0. The van der Waals surface area contributed by atoms with Gasteiger partial charge < -0.3 is 15.0 Å². The molecular formula is C25H31N3O3. The Morgan fingerprint density at radius 3 is 2.61 bits per heavy atom. The maximum Gasteiger partial charge on any atom is 0.258 e. The van der Waals surface area contributed by atoms with Gasteiger partial charge >= 0.3 is 0 Å². The summed E-state index contributed by atoms with van der Waals surface area (Å²) in [5, 5.41) is 13.4. The maximum atomic E-state index is 13.4. The molecule has 1 aromatic carbocycles. The first-order chi connectivity index (χ1) is 15.1. The summed E-state index contributed by atoms with van der Waals surface area (Å²) in [6, 6.07) is 13.4. The van der Waals surface area contributed by atoms with Crippen molar-refractivity contribution in [1.29, 1.82) is 0 Å². The number of hydrogen-bond donors (Lipinski definition) is 2. The van der Waals surface area contributed by atoms with Gasteiger partial charge in [-0.1, -0.05) is 37.3 Å². The maximum absolute atomic E-state index is 13.4. The molecule has 1 aliphatic carbocycles. The molecule has 3 aliphatic rings. The SMILES string of the molecule is CCCN1[C@@H]2c3ccc(-c4ccccc4)c(=O)n3C[C@@H]2[C@@H](CO)[C@@H]1C(=O)NCC1CC1. The fraction of sp³-hybridized carbons (Fsp3) is 0.520. The lowest BCUT2D eigenvalue weighted by molar-refractivity contribution is -0.127. The molecule has 3 heterocycles. The van der Waals surface area contributed by atoms with Crippen molar-refractivity contribution in [3.05, 3.63) is 58.5 Å². The predicted octanol–water partition coefficient (Wildman–Crippen LogP) is 2.42. The molecule has 0 radical (unpaired) electrons. The van der Waals surface area contributed by atoms with Crippen LogP contribution < -0.4 is 10.9 Å². The molecule has 31 heavy (non-hydrogen) atoms. The number of aromatic nitrogens is 1. The van der Waals surface area contributed by atoms with Crippen molar-refractivity contribution in [3.8, 4) is 11.1 Å². The van der Waals surface area contributed by atoms with E-state index < -0.39 is 0 Å². The first-order valence-corrected chi connectivity index (χ1v) is 11.6. The average Bonchev–Trinajstić information content (AvgIpc) is 3.46. The standard InChI is InChI=1S/C25H31N3O3/c1-2-12-27-22-19(20(15-29)23(27)24(30)26-13-16-8-9-16)14-28-21(22)11-10-18(25(28)31)17-6-4-3-5-7-17/h3-7,10-11,16,19-20,22-23,29H,2,8-9,12-15H2,1H3,(H,26,30)/t19-,20-,22+,23-/m1/s1. The monoisotopic (exact) mass is 421 g/mol. The minimum Gasteiger partial charge on any atom is -0.396 e. The van der Waals surface area contributed by atoms with Crippen LogP contribution in [0.1, 0.15) is 37.9 Å². The van der Waals surface area contributed by atoms with Gasteiger partial charge in [-0.05, 0) is 49.4 Å². The van der Waals surface area contributed by atoms with Crippen molar-refractivity contribution in [2.24, 2.45) is 17.8 Å². The van der Waals surface area contributed by atoms with Gasteiger partial charge in [-0.25, -0.2) is 0 Å². The van der Waals surface area contributed by atoms with Crippen molar-refractivity contribution in [3.63, 3.8) is 0 Å². The number of amides is 1. The second-order valence-corrected chi connectivity index (χ2v) is 9.28. The number of pyridine rings is 1. The number of hydrogen-bond acceptors (Lipinski definition) is 4. The number of aliphatic hydroxyl groups excluding tert-OH is 1. The molecule has 2 fully saturated rings. The fourth-order valence-electron chi connectivity index (χ4n) is 5.63. The molecule has 6 heteroatoms. The van der Waals surface area contributed by atoms with Gasteiger partial charge in [-0.3, -0.25) is 14.5 Å². The molecule has 2 aliphatic heterocycles. The highest BCUT2D eigenvalue weighted by molar-refractivity contribution is 5.83. The Bertz CT molecular complexity index is 1010. The molecule has 2 N–H and O–H groups in total. The van der Waals surface area contributed by atoms with Crippen molar-refractivity contribution in [2.75, 3.05) is 19.7 Å². The molecule has 4 atom stereocenters. The Balaban J connectivity index is 1.50. The van der Waals surface area contributed by atoms with Crippen LogP contribution in [0.15, 0.2) is 47.3 Å². The Hall–Kier alpha value is -2.44. The summed E-state index contributed by atoms with van der Waals surface area (Å²) in [4.78, 5) is 28.7. The van der Waals surface area contributed by atoms with Crippen LogP contribution >= 0.6 is 0 Å². The summed E-state index contributed by atoms with van der Waals surface area (Å²) < 4.78 is 1.88. The van der Waals surface area contributed by atoms with Crippen molar-refractivity contribution >= 4 is 5.91 Å². The zero-order valence-electron chi connectivity index (χ0n) is 18.0. The van der Waals surface area contributed by atoms with Crippen LogP contribution in [0.2, 0.25) is 0 Å². The molecule has 1 saturated carbocycles. The van der Waals surface area contributed by atoms with Crippen molar-refractivity contribution in [2.45, 2.75) is 44.8 Å². The topological polar surface area (TPSA) is 74.6 Å². The van der Waals surface area contributed by atoms with Crippen LogP contribution in [0.5, 0.6) is 0 Å². The number of carbonyl (C=O) groups is 1. The van der Waals surface area contributed by atoms with E-state index in [9.17, 15) is 14.7 Å². The van der Waals surface area contributed by atoms with E-state index in [4.69, 9.17) is 0 Å². The summed E-state index contributed by atoms with van der Waals surface area (Å²) in [5.41, 5.74) is 2.60. The average molecular weight is 422 g/mol. The van der Waals surface area contributed by atoms with Crippen LogP contribution in [0, 0.1) is 17.8 Å². The first kappa shape index (κ1) is 20.5. The highest BCUT2D eigenvalue weighted by atomic mass is 16.3. The van der Waals surface area contributed by atoms with E-state index in [0.717, 1.165) is 30.8 Å². The Morgan fingerprint density at radius 1 is 1.16 bits per heavy atom. The summed E-state index contributed by atoms with van der Waals surface area (Å²) in [6.07, 6.45) is 3.30. The van der Waals surface area contributed by atoms with Gasteiger partial charge in [0.05, 0.1) is 12.1 Å². The quantitative estimate of drug-likeness (QED) is 0.720. The van der Waals surface area contributed by atoms with Crippen molar-refractivity contribution in [1.82, 2.24) is 14.8 Å². The number of rotatable bonds is 7. The number of fused-ring (bicyclic) bond motifs is 3. The van der Waals surface area contributed by atoms with Crippen LogP contribution in [-0.2, 0) is 11.3 Å². The van der Waals surface area contributed by atoms with Gasteiger partial charge in [-0.15, -0.1) is 0 Å². The van der Waals surface area contributed by atoms with E-state index in [2.05, 4.69) is 23.2 Å². The lowest BCUT2D eigenvalue weighted by Crippen LogP contribution is -2.49. The van der Waals surface area contributed by atoms with Gasteiger partial charge in [0, 0.05) is 42.8 Å². The van der Waals surface area contributed by atoms with E-state index in [-0.39, 0.29) is 42.0 Å². The van der Waals surface area contributed by atoms with Crippen LogP contribution in [0.4, 0.5) is 0 Å². The normalized spacial score (nSPS) is 27.2. The minimum atomic E-state index is -0.337. The molecule has 5 rings (SSSR count). The van der Waals surface area contributed by atoms with Gasteiger partial charge in [0.1, 0.15) is 0 Å². The number of aliphatic hydroxyl groups is 1. The molecule has 6 nitrogen and oxygen atoms in total. The van der Waals surface area contributed by atoms with Crippen LogP contribution in [0.25, 0.3) is 11.1 Å². The number of nitrogens with zero attached hydrogens (tertiary/aromatic N) is 2. The van der Waals surface area contributed by atoms with Gasteiger partial charge in [0.2, 0.25) is 5.91 Å². The minimum absolute atomic E-state index is 0.00806. The Labute approximate surface area is 182 Å². The second kappa shape index (κ2) is 8.24. The molecule has 164 valence electrons. The zero-order valence-corrected chi connectivity index (χ0v) is 18.0. The van der Waals surface area contributed by atoms with Gasteiger partial charge in [-0.2, -0.15) is 0 Å². The number of benzene rings is 1. The Morgan fingerprint density at radius 2 is 1.94 bits per heavy atom. The fourth-order valence-corrected chi connectivity index (χ4v) is 5.63. The lowest BCUT2D eigenvalue weighted by atomic mass is 9.88. The first-order valence-electron chi connectivity index (χ1n) is 11.6. The molecule has 1 amide bonds. The Kier molecular flexibility index (Phi) is 5.44. The summed E-state index contributed by atoms with van der Waals surface area (Å²) >= 11 is 0. The lowest BCUT2D eigenvalue weighted by Gasteiger charge is -2.30. The van der Waals surface area contributed by atoms with E-state index in [1.807, 2.05) is 41.0 Å². The smallest absolute Gasteiger partial charge is 0.258 e. The van der Waals surface area contributed by atoms with E-state index in [0.29, 0.717) is 18.0 Å². The number of nitrogens with one attached hydrogen (secondary N) is 1. The van der Waals surface area contributed by atoms with E-state index in [1.54, 1.807) is 0 Å². The molecule has 1 saturated heterocycles.